The van der Waals surface area contributed by atoms with Crippen molar-refractivity contribution in [1.29, 1.82) is 0 Å². The molecule has 0 aliphatic rings. The summed E-state index contributed by atoms with van der Waals surface area (Å²) in [6.45, 7) is 16.6. The number of aryl methyl sites for hydroxylation is 1. The third kappa shape index (κ3) is 8.03. The molecule has 3 nitrogen and oxygen atoms in total. The van der Waals surface area contributed by atoms with Crippen molar-refractivity contribution in [3.63, 3.8) is 0 Å². The number of anilines is 1. The lowest BCUT2D eigenvalue weighted by Crippen LogP contribution is -2.49. The molecule has 1 heterocycles. The number of rotatable bonds is 16. The van der Waals surface area contributed by atoms with Crippen molar-refractivity contribution in [3.05, 3.63) is 58.9 Å². The summed E-state index contributed by atoms with van der Waals surface area (Å²) in [5.41, 5.74) is -0.617. The first-order chi connectivity index (χ1) is 17.8. The molecule has 0 aliphatic heterocycles. The Morgan fingerprint density at radius 2 is 1.24 bits per heavy atom. The highest BCUT2D eigenvalue weighted by Gasteiger charge is 2.27. The molecular formula is C30H45F4N3+2. The van der Waals surface area contributed by atoms with Crippen LogP contribution in [-0.4, -0.2) is 43.8 Å². The summed E-state index contributed by atoms with van der Waals surface area (Å²) >= 11 is 0. The molecule has 0 spiro atoms. The Morgan fingerprint density at radius 1 is 0.730 bits per heavy atom. The van der Waals surface area contributed by atoms with E-state index in [2.05, 4.69) is 25.3 Å². The van der Waals surface area contributed by atoms with E-state index in [9.17, 15) is 8.78 Å². The maximum Gasteiger partial charge on any atom is 0.185 e. The van der Waals surface area contributed by atoms with Crippen molar-refractivity contribution in [1.82, 2.24) is 0 Å². The van der Waals surface area contributed by atoms with Crippen LogP contribution in [-0.2, 0) is 6.54 Å². The lowest BCUT2D eigenvalue weighted by Gasteiger charge is -2.35. The Hall–Kier alpha value is -2.41. The summed E-state index contributed by atoms with van der Waals surface area (Å²) in [6, 6.07) is 3.65. The molecule has 1 aromatic carbocycles. The molecule has 2 aromatic rings. The third-order valence-electron chi connectivity index (χ3n) is 7.57. The number of hydrogen-bond acceptors (Lipinski definition) is 1. The summed E-state index contributed by atoms with van der Waals surface area (Å²) < 4.78 is 63.0. The summed E-state index contributed by atoms with van der Waals surface area (Å²) in [5.74, 6) is -5.40. The molecule has 7 heteroatoms. The molecular weight excluding hydrogens is 478 g/mol. The zero-order valence-corrected chi connectivity index (χ0v) is 23.3. The van der Waals surface area contributed by atoms with Crippen LogP contribution in [0.1, 0.15) is 77.8 Å². The second kappa shape index (κ2) is 15.1. The third-order valence-corrected chi connectivity index (χ3v) is 7.57. The second-order valence-electron chi connectivity index (χ2n) is 9.78. The number of hydrogen-bond donors (Lipinski definition) is 0. The highest BCUT2D eigenvalue weighted by atomic mass is 19.2. The van der Waals surface area contributed by atoms with Gasteiger partial charge in [0.05, 0.1) is 38.2 Å². The molecule has 0 N–H and O–H groups in total. The van der Waals surface area contributed by atoms with Crippen molar-refractivity contribution in [2.45, 2.75) is 73.3 Å². The van der Waals surface area contributed by atoms with E-state index < -0.39 is 34.5 Å². The van der Waals surface area contributed by atoms with Crippen LogP contribution in [0.2, 0.25) is 0 Å². The SMILES string of the molecule is CCCCN(CCCC)c1c(F)c(F)c(C=Cc2cc[n+](CCC[N+](CC)(CC)CC)cc2)c(F)c1F. The Bertz CT molecular complexity index is 956. The van der Waals surface area contributed by atoms with Crippen molar-refractivity contribution >= 4 is 17.8 Å². The minimum Gasteiger partial charge on any atom is -0.367 e. The molecule has 0 saturated carbocycles. The van der Waals surface area contributed by atoms with Crippen molar-refractivity contribution in [3.8, 4) is 0 Å². The summed E-state index contributed by atoms with van der Waals surface area (Å²) in [7, 11) is 0. The predicted octanol–water partition coefficient (Wildman–Crippen LogP) is 7.37. The smallest absolute Gasteiger partial charge is 0.185 e. The molecule has 0 fully saturated rings. The van der Waals surface area contributed by atoms with Gasteiger partial charge < -0.3 is 9.38 Å². The van der Waals surface area contributed by atoms with Crippen LogP contribution < -0.4 is 9.47 Å². The van der Waals surface area contributed by atoms with Gasteiger partial charge in [0.15, 0.2) is 42.2 Å². The predicted molar refractivity (Wildman–Crippen MR) is 145 cm³/mol. The van der Waals surface area contributed by atoms with Gasteiger partial charge in [0, 0.05) is 25.2 Å². The van der Waals surface area contributed by atoms with E-state index in [1.54, 1.807) is 0 Å². The van der Waals surface area contributed by atoms with Gasteiger partial charge in [-0.1, -0.05) is 32.8 Å². The molecule has 0 unspecified atom stereocenters. The van der Waals surface area contributed by atoms with Crippen molar-refractivity contribution in [2.24, 2.45) is 0 Å². The van der Waals surface area contributed by atoms with Gasteiger partial charge in [0.1, 0.15) is 5.69 Å². The quantitative estimate of drug-likeness (QED) is 0.0964. The van der Waals surface area contributed by atoms with Crippen LogP contribution in [0.4, 0.5) is 23.2 Å². The van der Waals surface area contributed by atoms with Crippen LogP contribution in [0.15, 0.2) is 24.5 Å². The molecule has 206 valence electrons. The lowest BCUT2D eigenvalue weighted by atomic mass is 10.1. The summed E-state index contributed by atoms with van der Waals surface area (Å²) in [4.78, 5) is 1.43. The van der Waals surface area contributed by atoms with E-state index in [4.69, 9.17) is 0 Å². The van der Waals surface area contributed by atoms with Gasteiger partial charge in [-0.25, -0.2) is 22.1 Å². The monoisotopic (exact) mass is 523 g/mol. The number of aromatic nitrogens is 1. The van der Waals surface area contributed by atoms with E-state index in [0.717, 1.165) is 62.5 Å². The average molecular weight is 524 g/mol. The van der Waals surface area contributed by atoms with Crippen LogP contribution in [0.3, 0.4) is 0 Å². The van der Waals surface area contributed by atoms with Gasteiger partial charge in [0.25, 0.3) is 0 Å². The van der Waals surface area contributed by atoms with Gasteiger partial charge in [0.2, 0.25) is 0 Å². The van der Waals surface area contributed by atoms with Crippen LogP contribution in [0, 0.1) is 23.3 Å². The van der Waals surface area contributed by atoms with E-state index >= 15 is 8.78 Å². The first-order valence-electron chi connectivity index (χ1n) is 13.9. The maximum absolute atomic E-state index is 15.0. The average Bonchev–Trinajstić information content (AvgIpc) is 2.92. The highest BCUT2D eigenvalue weighted by molar-refractivity contribution is 5.71. The minimum absolute atomic E-state index is 0.345. The molecule has 37 heavy (non-hydrogen) atoms. The van der Waals surface area contributed by atoms with Gasteiger partial charge in [-0.3, -0.25) is 0 Å². The van der Waals surface area contributed by atoms with Crippen LogP contribution in [0.25, 0.3) is 12.2 Å². The Kier molecular flexibility index (Phi) is 12.6. The number of quaternary nitrogens is 1. The largest absolute Gasteiger partial charge is 0.367 e. The number of nitrogens with zero attached hydrogens (tertiary/aromatic N) is 3. The van der Waals surface area contributed by atoms with Crippen molar-refractivity contribution in [2.75, 3.05) is 44.2 Å². The summed E-state index contributed by atoms with van der Waals surface area (Å²) in [6.07, 6.45) is 10.4. The fraction of sp³-hybridized carbons (Fsp3) is 0.567. The molecule has 0 amide bonds. The van der Waals surface area contributed by atoms with Gasteiger partial charge in [-0.15, -0.1) is 0 Å². The van der Waals surface area contributed by atoms with Crippen LogP contribution in [0.5, 0.6) is 0 Å². The molecule has 0 radical (unpaired) electrons. The molecule has 1 aromatic heterocycles. The second-order valence-corrected chi connectivity index (χ2v) is 9.78. The number of pyridine rings is 1. The fourth-order valence-corrected chi connectivity index (χ4v) is 4.74. The lowest BCUT2D eigenvalue weighted by molar-refractivity contribution is -0.925. The van der Waals surface area contributed by atoms with Crippen LogP contribution >= 0.6 is 0 Å². The first-order valence-corrected chi connectivity index (χ1v) is 13.9. The highest BCUT2D eigenvalue weighted by Crippen LogP contribution is 2.32. The molecule has 0 atom stereocenters. The molecule has 0 aliphatic carbocycles. The maximum atomic E-state index is 15.0. The Balaban J connectivity index is 2.19. The zero-order chi connectivity index (χ0) is 27.4. The van der Waals surface area contributed by atoms with E-state index in [1.807, 2.05) is 38.4 Å². The topological polar surface area (TPSA) is 7.12 Å². The van der Waals surface area contributed by atoms with E-state index in [-0.39, 0.29) is 0 Å². The normalized spacial score (nSPS) is 12.0. The zero-order valence-electron chi connectivity index (χ0n) is 23.3. The minimum atomic E-state index is -1.36. The summed E-state index contributed by atoms with van der Waals surface area (Å²) in [5, 5.41) is 0. The number of halogens is 4. The van der Waals surface area contributed by atoms with Gasteiger partial charge in [-0.05, 0) is 45.3 Å². The number of unbranched alkanes of at least 4 members (excludes halogenated alkanes) is 2. The molecule has 2 rings (SSSR count). The standard InChI is InChI=1S/C30H45F4N3/c1-6-11-19-36(20-12-7-2)30-28(33)26(31)25(27(32)29(30)34)15-14-24-16-21-35(22-17-24)18-13-23-37(8-3,9-4)10-5/h14-17,21-22H,6-13,18-20,23H2,1-5H3/q+2. The Morgan fingerprint density at radius 3 is 1.70 bits per heavy atom. The Labute approximate surface area is 221 Å². The fourth-order valence-electron chi connectivity index (χ4n) is 4.74. The van der Waals surface area contributed by atoms with Crippen molar-refractivity contribution < 1.29 is 26.6 Å². The molecule has 0 saturated heterocycles. The van der Waals surface area contributed by atoms with Gasteiger partial charge >= 0.3 is 0 Å². The molecule has 0 bridgehead atoms. The number of benzene rings is 1. The van der Waals surface area contributed by atoms with E-state index in [0.29, 0.717) is 31.5 Å². The first kappa shape index (κ1) is 30.8. The van der Waals surface area contributed by atoms with E-state index in [1.165, 1.54) is 11.0 Å². The van der Waals surface area contributed by atoms with Gasteiger partial charge in [-0.2, -0.15) is 0 Å².